The number of ether oxygens (including phenoxy) is 1. The monoisotopic (exact) mass is 539 g/mol. The van der Waals surface area contributed by atoms with Gasteiger partial charge in [-0.05, 0) is 66.3 Å². The standard InChI is InChI=1S/C33H37N3O4/c1-4-5-6-23-7-9-24(10-8-23)25-11-13-26(14-12-25)32(38)35-20-28-17-18-36(30(28)21-35)33(39)27-15-16-31(40-3)29(19-27)34-22(2)37/h7-16,19,28,30H,4-6,17-18,20-21H2,1-3H3,(H,34,37)/t28-,30+/m0/s1. The van der Waals surface area contributed by atoms with E-state index >= 15 is 0 Å². The van der Waals surface area contributed by atoms with Gasteiger partial charge in [0, 0.05) is 43.6 Å². The molecule has 0 aliphatic carbocycles. The maximum absolute atomic E-state index is 13.5. The molecule has 7 nitrogen and oxygen atoms in total. The molecule has 3 aromatic rings. The summed E-state index contributed by atoms with van der Waals surface area (Å²) in [5.74, 6) is 0.425. The number of hydrogen-bond acceptors (Lipinski definition) is 4. The van der Waals surface area contributed by atoms with E-state index in [1.165, 1.54) is 32.4 Å². The molecule has 2 saturated heterocycles. The van der Waals surface area contributed by atoms with Crippen molar-refractivity contribution >= 4 is 23.4 Å². The molecule has 0 aromatic heterocycles. The molecule has 3 aromatic carbocycles. The number of benzene rings is 3. The molecule has 0 spiro atoms. The van der Waals surface area contributed by atoms with Crippen molar-refractivity contribution in [3.8, 4) is 16.9 Å². The van der Waals surface area contributed by atoms with Crippen LogP contribution in [0, 0.1) is 5.92 Å². The summed E-state index contributed by atoms with van der Waals surface area (Å²) in [6, 6.07) is 21.6. The Morgan fingerprint density at radius 1 is 0.900 bits per heavy atom. The van der Waals surface area contributed by atoms with Gasteiger partial charge in [0.2, 0.25) is 5.91 Å². The molecular weight excluding hydrogens is 502 g/mol. The first-order valence-corrected chi connectivity index (χ1v) is 14.1. The number of methoxy groups -OCH3 is 1. The van der Waals surface area contributed by atoms with Gasteiger partial charge in [0.15, 0.2) is 0 Å². The van der Waals surface area contributed by atoms with Gasteiger partial charge < -0.3 is 19.9 Å². The van der Waals surface area contributed by atoms with Gasteiger partial charge in [0.1, 0.15) is 5.75 Å². The van der Waals surface area contributed by atoms with Crippen LogP contribution in [0.4, 0.5) is 5.69 Å². The summed E-state index contributed by atoms with van der Waals surface area (Å²) in [4.78, 5) is 42.3. The summed E-state index contributed by atoms with van der Waals surface area (Å²) < 4.78 is 5.32. The zero-order valence-corrected chi connectivity index (χ0v) is 23.5. The average Bonchev–Trinajstić information content (AvgIpc) is 3.57. The number of carbonyl (C=O) groups excluding carboxylic acids is 3. The summed E-state index contributed by atoms with van der Waals surface area (Å²) >= 11 is 0. The maximum atomic E-state index is 13.5. The number of unbranched alkanes of at least 4 members (excludes halogenated alkanes) is 1. The summed E-state index contributed by atoms with van der Waals surface area (Å²) in [6.07, 6.45) is 4.35. The highest BCUT2D eigenvalue weighted by molar-refractivity contribution is 5.99. The number of likely N-dealkylation sites (tertiary alicyclic amines) is 2. The van der Waals surface area contributed by atoms with Crippen molar-refractivity contribution in [1.82, 2.24) is 9.80 Å². The van der Waals surface area contributed by atoms with E-state index in [0.29, 0.717) is 42.2 Å². The summed E-state index contributed by atoms with van der Waals surface area (Å²) in [5, 5.41) is 2.73. The molecule has 2 aliphatic heterocycles. The van der Waals surface area contributed by atoms with Crippen LogP contribution >= 0.6 is 0 Å². The quantitative estimate of drug-likeness (QED) is 0.401. The number of nitrogens with one attached hydrogen (secondary N) is 1. The van der Waals surface area contributed by atoms with Crippen molar-refractivity contribution in [2.75, 3.05) is 32.1 Å². The van der Waals surface area contributed by atoms with Gasteiger partial charge in [0.05, 0.1) is 18.8 Å². The van der Waals surface area contributed by atoms with Gasteiger partial charge >= 0.3 is 0 Å². The number of amides is 3. The molecule has 2 atom stereocenters. The molecule has 5 rings (SSSR count). The Morgan fingerprint density at radius 3 is 2.23 bits per heavy atom. The normalized spacial score (nSPS) is 18.0. The van der Waals surface area contributed by atoms with E-state index in [9.17, 15) is 14.4 Å². The van der Waals surface area contributed by atoms with Crippen molar-refractivity contribution in [1.29, 1.82) is 0 Å². The lowest BCUT2D eigenvalue weighted by Gasteiger charge is -2.25. The van der Waals surface area contributed by atoms with E-state index in [-0.39, 0.29) is 29.7 Å². The molecule has 0 unspecified atom stereocenters. The van der Waals surface area contributed by atoms with Crippen LogP contribution < -0.4 is 10.1 Å². The average molecular weight is 540 g/mol. The maximum Gasteiger partial charge on any atom is 0.254 e. The number of fused-ring (bicyclic) bond motifs is 1. The first kappa shape index (κ1) is 27.4. The summed E-state index contributed by atoms with van der Waals surface area (Å²) in [6.45, 7) is 5.44. The minimum Gasteiger partial charge on any atom is -0.495 e. The number of nitrogens with zero attached hydrogens (tertiary/aromatic N) is 2. The van der Waals surface area contributed by atoms with Crippen LogP contribution in [0.15, 0.2) is 66.7 Å². The smallest absolute Gasteiger partial charge is 0.254 e. The summed E-state index contributed by atoms with van der Waals surface area (Å²) in [5.41, 5.74) is 5.21. The second-order valence-corrected chi connectivity index (χ2v) is 10.8. The van der Waals surface area contributed by atoms with E-state index in [1.807, 2.05) is 34.1 Å². The van der Waals surface area contributed by atoms with Gasteiger partial charge in [-0.15, -0.1) is 0 Å². The minimum absolute atomic E-state index is 0.000606. The van der Waals surface area contributed by atoms with E-state index in [4.69, 9.17) is 4.74 Å². The number of rotatable bonds is 8. The van der Waals surface area contributed by atoms with Crippen molar-refractivity contribution in [3.63, 3.8) is 0 Å². The van der Waals surface area contributed by atoms with Crippen molar-refractivity contribution in [2.45, 2.75) is 45.6 Å². The van der Waals surface area contributed by atoms with E-state index in [2.05, 4.69) is 36.5 Å². The fraction of sp³-hybridized carbons (Fsp3) is 0.364. The van der Waals surface area contributed by atoms with Crippen LogP contribution in [0.2, 0.25) is 0 Å². The molecule has 2 fully saturated rings. The Labute approximate surface area is 236 Å². The lowest BCUT2D eigenvalue weighted by molar-refractivity contribution is -0.114. The Morgan fingerprint density at radius 2 is 1.57 bits per heavy atom. The second kappa shape index (κ2) is 11.9. The van der Waals surface area contributed by atoms with Crippen molar-refractivity contribution in [2.24, 2.45) is 5.92 Å². The highest BCUT2D eigenvalue weighted by atomic mass is 16.5. The Kier molecular flexibility index (Phi) is 8.19. The summed E-state index contributed by atoms with van der Waals surface area (Å²) in [7, 11) is 1.52. The van der Waals surface area contributed by atoms with E-state index in [0.717, 1.165) is 24.0 Å². The fourth-order valence-corrected chi connectivity index (χ4v) is 5.91. The molecular formula is C33H37N3O4. The lowest BCUT2D eigenvalue weighted by atomic mass is 10.0. The van der Waals surface area contributed by atoms with Crippen molar-refractivity contribution < 1.29 is 19.1 Å². The zero-order valence-electron chi connectivity index (χ0n) is 23.5. The van der Waals surface area contributed by atoms with Gasteiger partial charge in [-0.3, -0.25) is 14.4 Å². The van der Waals surface area contributed by atoms with Crippen LogP contribution in [-0.2, 0) is 11.2 Å². The largest absolute Gasteiger partial charge is 0.495 e. The lowest BCUT2D eigenvalue weighted by Crippen LogP contribution is -2.40. The Balaban J connectivity index is 1.24. The molecule has 2 heterocycles. The Bertz CT molecular complexity index is 1380. The molecule has 3 amide bonds. The van der Waals surface area contributed by atoms with E-state index in [1.54, 1.807) is 18.2 Å². The van der Waals surface area contributed by atoms with Crippen molar-refractivity contribution in [3.05, 3.63) is 83.4 Å². The minimum atomic E-state index is -0.234. The number of hydrogen-bond donors (Lipinski definition) is 1. The predicted molar refractivity (Wildman–Crippen MR) is 157 cm³/mol. The third-order valence-corrected chi connectivity index (χ3v) is 8.09. The predicted octanol–water partition coefficient (Wildman–Crippen LogP) is 5.65. The number of carbonyl (C=O) groups is 3. The van der Waals surface area contributed by atoms with Crippen LogP contribution in [0.5, 0.6) is 5.75 Å². The second-order valence-electron chi connectivity index (χ2n) is 10.8. The molecule has 0 radical (unpaired) electrons. The molecule has 2 aliphatic rings. The third-order valence-electron chi connectivity index (χ3n) is 8.09. The van der Waals surface area contributed by atoms with Gasteiger partial charge in [-0.1, -0.05) is 49.7 Å². The highest BCUT2D eigenvalue weighted by Crippen LogP contribution is 2.34. The molecule has 0 bridgehead atoms. The topological polar surface area (TPSA) is 79.0 Å². The molecule has 7 heteroatoms. The zero-order chi connectivity index (χ0) is 28.2. The van der Waals surface area contributed by atoms with Crippen LogP contribution in [0.3, 0.4) is 0 Å². The highest BCUT2D eigenvalue weighted by Gasteiger charge is 2.45. The Hall–Kier alpha value is -4.13. The third kappa shape index (κ3) is 5.74. The number of aryl methyl sites for hydroxylation is 1. The van der Waals surface area contributed by atoms with Crippen LogP contribution in [-0.4, -0.2) is 60.3 Å². The first-order chi connectivity index (χ1) is 19.4. The molecule has 40 heavy (non-hydrogen) atoms. The van der Waals surface area contributed by atoms with Gasteiger partial charge in [-0.25, -0.2) is 0 Å². The SMILES string of the molecule is CCCCc1ccc(-c2ccc(C(=O)N3C[C@@H]4CCN(C(=O)c5ccc(OC)c(NC(C)=O)c5)[C@@H]4C3)cc2)cc1. The fourth-order valence-electron chi connectivity index (χ4n) is 5.91. The van der Waals surface area contributed by atoms with Gasteiger partial charge in [-0.2, -0.15) is 0 Å². The van der Waals surface area contributed by atoms with Gasteiger partial charge in [0.25, 0.3) is 11.8 Å². The van der Waals surface area contributed by atoms with Crippen LogP contribution in [0.1, 0.15) is 59.4 Å². The van der Waals surface area contributed by atoms with Crippen LogP contribution in [0.25, 0.3) is 11.1 Å². The van der Waals surface area contributed by atoms with E-state index < -0.39 is 0 Å². The molecule has 0 saturated carbocycles. The first-order valence-electron chi connectivity index (χ1n) is 14.1. The molecule has 208 valence electrons. The molecule has 1 N–H and O–H groups in total. The number of anilines is 1.